The summed E-state index contributed by atoms with van der Waals surface area (Å²) in [5.41, 5.74) is 1.33. The largest absolute Gasteiger partial charge is 0.376 e. The maximum Gasteiger partial charge on any atom is 0.209 e. The number of para-hydroxylation sites is 1. The van der Waals surface area contributed by atoms with Gasteiger partial charge < -0.3 is 14.5 Å². The highest BCUT2D eigenvalue weighted by molar-refractivity contribution is 5.46. The number of piperazine rings is 1. The summed E-state index contributed by atoms with van der Waals surface area (Å²) in [4.78, 5) is 4.11. The minimum atomic E-state index is 0.263. The first-order chi connectivity index (χ1) is 13.8. The van der Waals surface area contributed by atoms with Gasteiger partial charge in [0.25, 0.3) is 0 Å². The van der Waals surface area contributed by atoms with Gasteiger partial charge in [0.2, 0.25) is 5.82 Å². The number of benzene rings is 1. The van der Waals surface area contributed by atoms with E-state index in [2.05, 4.69) is 57.7 Å². The first-order valence-corrected chi connectivity index (χ1v) is 10.9. The van der Waals surface area contributed by atoms with E-state index in [1.54, 1.807) is 4.90 Å². The van der Waals surface area contributed by atoms with E-state index >= 15 is 0 Å². The van der Waals surface area contributed by atoms with Crippen LogP contribution >= 0.6 is 0 Å². The molecule has 0 saturated carbocycles. The fourth-order valence-electron chi connectivity index (χ4n) is 4.54. The SMILES string of the molecule is CCCC[C@@H](c1nnnn1C[C@H]1CCCO1)[NH+]1CCN(c2ccccc2)CC1. The van der Waals surface area contributed by atoms with Crippen molar-refractivity contribution in [3.05, 3.63) is 36.2 Å². The molecule has 2 atom stereocenters. The summed E-state index contributed by atoms with van der Waals surface area (Å²) >= 11 is 0. The number of ether oxygens (including phenoxy) is 1. The van der Waals surface area contributed by atoms with Crippen LogP contribution in [0, 0.1) is 0 Å². The molecular formula is C21H33N6O+. The molecule has 4 rings (SSSR count). The Kier molecular flexibility index (Phi) is 6.54. The Morgan fingerprint density at radius 2 is 2.04 bits per heavy atom. The Morgan fingerprint density at radius 3 is 2.75 bits per heavy atom. The number of rotatable bonds is 8. The van der Waals surface area contributed by atoms with Crippen LogP contribution in [0.5, 0.6) is 0 Å². The fraction of sp³-hybridized carbons (Fsp3) is 0.667. The molecule has 2 saturated heterocycles. The number of hydrogen-bond donors (Lipinski definition) is 1. The molecule has 0 bridgehead atoms. The second kappa shape index (κ2) is 9.47. The van der Waals surface area contributed by atoms with Gasteiger partial charge in [-0.2, -0.15) is 0 Å². The normalized spacial score (nSPS) is 21.9. The molecule has 0 spiro atoms. The van der Waals surface area contributed by atoms with Gasteiger partial charge in [-0.25, -0.2) is 4.68 Å². The maximum absolute atomic E-state index is 5.82. The minimum Gasteiger partial charge on any atom is -0.376 e. The zero-order chi connectivity index (χ0) is 19.2. The van der Waals surface area contributed by atoms with Gasteiger partial charge in [0, 0.05) is 18.7 Å². The van der Waals surface area contributed by atoms with Crippen LogP contribution in [0.2, 0.25) is 0 Å². The van der Waals surface area contributed by atoms with Gasteiger partial charge in [0.1, 0.15) is 6.04 Å². The highest BCUT2D eigenvalue weighted by atomic mass is 16.5. The zero-order valence-corrected chi connectivity index (χ0v) is 17.0. The third-order valence-corrected chi connectivity index (χ3v) is 6.14. The van der Waals surface area contributed by atoms with Gasteiger partial charge in [-0.1, -0.05) is 31.5 Å². The highest BCUT2D eigenvalue weighted by Gasteiger charge is 2.33. The molecule has 2 aromatic rings. The fourth-order valence-corrected chi connectivity index (χ4v) is 4.54. The third kappa shape index (κ3) is 4.52. The number of nitrogens with one attached hydrogen (secondary N) is 1. The average Bonchev–Trinajstić information content (AvgIpc) is 3.42. The molecule has 28 heavy (non-hydrogen) atoms. The van der Waals surface area contributed by atoms with Crippen LogP contribution in [0.4, 0.5) is 5.69 Å². The minimum absolute atomic E-state index is 0.263. The van der Waals surface area contributed by atoms with E-state index in [1.807, 2.05) is 4.68 Å². The number of unbranched alkanes of at least 4 members (excludes halogenated alkanes) is 1. The molecule has 7 nitrogen and oxygen atoms in total. The van der Waals surface area contributed by atoms with Gasteiger partial charge in [-0.05, 0) is 41.8 Å². The van der Waals surface area contributed by atoms with E-state index in [1.165, 1.54) is 18.5 Å². The van der Waals surface area contributed by atoms with Crippen molar-refractivity contribution >= 4 is 5.69 Å². The van der Waals surface area contributed by atoms with Crippen molar-refractivity contribution in [3.63, 3.8) is 0 Å². The van der Waals surface area contributed by atoms with Crippen molar-refractivity contribution in [2.75, 3.05) is 37.7 Å². The van der Waals surface area contributed by atoms with Gasteiger partial charge in [-0.15, -0.1) is 5.10 Å². The Balaban J connectivity index is 1.44. The lowest BCUT2D eigenvalue weighted by Gasteiger charge is -2.37. The molecule has 3 heterocycles. The average molecular weight is 386 g/mol. The summed E-state index contributed by atoms with van der Waals surface area (Å²) in [6.45, 7) is 8.31. The first-order valence-electron chi connectivity index (χ1n) is 10.9. The van der Waals surface area contributed by atoms with E-state index in [4.69, 9.17) is 4.74 Å². The molecule has 152 valence electrons. The Hall–Kier alpha value is -1.99. The standard InChI is InChI=1S/C21H32N6O/c1-2-3-11-20(21-22-23-24-27(21)17-19-10-7-16-28-19)26-14-12-25(13-15-26)18-8-5-4-6-9-18/h4-6,8-9,19-20H,2-3,7,10-17H2,1H3/p+1/t19-,20+/m1/s1. The number of tetrazole rings is 1. The van der Waals surface area contributed by atoms with Crippen LogP contribution in [0.15, 0.2) is 30.3 Å². The molecule has 0 unspecified atom stereocenters. The van der Waals surface area contributed by atoms with E-state index in [9.17, 15) is 0 Å². The van der Waals surface area contributed by atoms with E-state index in [0.29, 0.717) is 6.04 Å². The monoisotopic (exact) mass is 385 g/mol. The second-order valence-electron chi connectivity index (χ2n) is 8.03. The Labute approximate surface area is 167 Å². The summed E-state index contributed by atoms with van der Waals surface area (Å²) < 4.78 is 7.84. The lowest BCUT2D eigenvalue weighted by atomic mass is 10.1. The molecule has 1 aromatic carbocycles. The Morgan fingerprint density at radius 1 is 1.21 bits per heavy atom. The van der Waals surface area contributed by atoms with Crippen molar-refractivity contribution in [1.82, 2.24) is 20.2 Å². The van der Waals surface area contributed by atoms with Gasteiger partial charge in [0.15, 0.2) is 0 Å². The highest BCUT2D eigenvalue weighted by Crippen LogP contribution is 2.19. The molecule has 2 fully saturated rings. The molecule has 7 heteroatoms. The predicted molar refractivity (Wildman–Crippen MR) is 108 cm³/mol. The maximum atomic E-state index is 5.82. The summed E-state index contributed by atoms with van der Waals surface area (Å²) in [5, 5.41) is 12.8. The van der Waals surface area contributed by atoms with Crippen molar-refractivity contribution in [1.29, 1.82) is 0 Å². The van der Waals surface area contributed by atoms with Crippen LogP contribution in [-0.2, 0) is 11.3 Å². The molecule has 1 N–H and O–H groups in total. The molecule has 2 aliphatic heterocycles. The van der Waals surface area contributed by atoms with E-state index in [0.717, 1.165) is 64.4 Å². The van der Waals surface area contributed by atoms with Crippen LogP contribution in [0.25, 0.3) is 0 Å². The molecule has 0 aliphatic carbocycles. The van der Waals surface area contributed by atoms with Gasteiger partial charge in [0.05, 0.1) is 38.8 Å². The molecular weight excluding hydrogens is 352 g/mol. The Bertz CT molecular complexity index is 707. The van der Waals surface area contributed by atoms with Gasteiger partial charge >= 0.3 is 0 Å². The summed E-state index contributed by atoms with van der Waals surface area (Å²) in [6, 6.07) is 11.1. The van der Waals surface area contributed by atoms with E-state index < -0.39 is 0 Å². The van der Waals surface area contributed by atoms with Crippen molar-refractivity contribution in [2.24, 2.45) is 0 Å². The summed E-state index contributed by atoms with van der Waals surface area (Å²) in [5.74, 6) is 1.05. The molecule has 1 aromatic heterocycles. The topological polar surface area (TPSA) is 60.5 Å². The van der Waals surface area contributed by atoms with Gasteiger partial charge in [-0.3, -0.25) is 0 Å². The lowest BCUT2D eigenvalue weighted by Crippen LogP contribution is -3.15. The van der Waals surface area contributed by atoms with Crippen molar-refractivity contribution in [2.45, 2.75) is 57.7 Å². The molecule has 0 radical (unpaired) electrons. The van der Waals surface area contributed by atoms with Crippen LogP contribution in [-0.4, -0.2) is 59.1 Å². The number of aromatic nitrogens is 4. The number of hydrogen-bond acceptors (Lipinski definition) is 5. The van der Waals surface area contributed by atoms with Crippen LogP contribution in [0.3, 0.4) is 0 Å². The van der Waals surface area contributed by atoms with Crippen LogP contribution < -0.4 is 9.80 Å². The number of nitrogens with zero attached hydrogens (tertiary/aromatic N) is 5. The third-order valence-electron chi connectivity index (χ3n) is 6.14. The molecule has 0 amide bonds. The second-order valence-corrected chi connectivity index (χ2v) is 8.03. The molecule has 2 aliphatic rings. The quantitative estimate of drug-likeness (QED) is 0.746. The first kappa shape index (κ1) is 19.3. The predicted octanol–water partition coefficient (Wildman–Crippen LogP) is 1.49. The summed E-state index contributed by atoms with van der Waals surface area (Å²) in [6.07, 6.45) is 6.08. The number of quaternary nitrogens is 1. The lowest BCUT2D eigenvalue weighted by molar-refractivity contribution is -0.933. The number of anilines is 1. The smallest absolute Gasteiger partial charge is 0.209 e. The van der Waals surface area contributed by atoms with Crippen LogP contribution in [0.1, 0.15) is 50.9 Å². The summed E-state index contributed by atoms with van der Waals surface area (Å²) in [7, 11) is 0. The van der Waals surface area contributed by atoms with Crippen molar-refractivity contribution in [3.8, 4) is 0 Å². The van der Waals surface area contributed by atoms with E-state index in [-0.39, 0.29) is 6.10 Å². The zero-order valence-electron chi connectivity index (χ0n) is 17.0. The van der Waals surface area contributed by atoms with Crippen molar-refractivity contribution < 1.29 is 9.64 Å².